The van der Waals surface area contributed by atoms with E-state index in [1.54, 1.807) is 6.07 Å². The Labute approximate surface area is 214 Å². The van der Waals surface area contributed by atoms with E-state index < -0.39 is 17.4 Å². The molecule has 3 aromatic rings. The van der Waals surface area contributed by atoms with E-state index in [0.717, 1.165) is 16.7 Å². The molecule has 0 aliphatic carbocycles. The molecule has 2 N–H and O–H groups in total. The maximum Gasteiger partial charge on any atom is 0.250 e. The van der Waals surface area contributed by atoms with Gasteiger partial charge < -0.3 is 5.32 Å². The monoisotopic (exact) mass is 499 g/mol. The Morgan fingerprint density at radius 1 is 0.889 bits per heavy atom. The molecule has 36 heavy (non-hydrogen) atoms. The van der Waals surface area contributed by atoms with Crippen LogP contribution in [0.5, 0.6) is 0 Å². The van der Waals surface area contributed by atoms with E-state index in [1.165, 1.54) is 4.90 Å². The molecule has 0 bridgehead atoms. The van der Waals surface area contributed by atoms with Gasteiger partial charge in [-0.3, -0.25) is 24.6 Å². The first-order valence-electron chi connectivity index (χ1n) is 12.2. The molecule has 0 aromatic heterocycles. The van der Waals surface area contributed by atoms with Crippen LogP contribution in [0.25, 0.3) is 0 Å². The Morgan fingerprint density at radius 2 is 1.56 bits per heavy atom. The van der Waals surface area contributed by atoms with Crippen LogP contribution in [0.15, 0.2) is 72.8 Å². The van der Waals surface area contributed by atoms with Gasteiger partial charge in [0, 0.05) is 23.2 Å². The maximum atomic E-state index is 13.9. The van der Waals surface area contributed by atoms with Crippen molar-refractivity contribution in [1.82, 2.24) is 10.2 Å². The molecule has 3 aromatic carbocycles. The van der Waals surface area contributed by atoms with E-state index in [0.29, 0.717) is 29.1 Å². The second-order valence-electron chi connectivity index (χ2n) is 9.86. The summed E-state index contributed by atoms with van der Waals surface area (Å²) >= 11 is 6.36. The van der Waals surface area contributed by atoms with E-state index in [9.17, 15) is 14.4 Å². The number of halogens is 1. The van der Waals surface area contributed by atoms with Gasteiger partial charge in [-0.25, -0.2) is 0 Å². The summed E-state index contributed by atoms with van der Waals surface area (Å²) in [6.45, 7) is 2.14. The first-order valence-corrected chi connectivity index (χ1v) is 12.6. The number of hydrogen-bond donors (Lipinski definition) is 2. The highest BCUT2D eigenvalue weighted by atomic mass is 35.5. The van der Waals surface area contributed by atoms with Crippen LogP contribution in [-0.4, -0.2) is 35.2 Å². The normalized spacial score (nSPS) is 26.4. The summed E-state index contributed by atoms with van der Waals surface area (Å²) in [7, 11) is 0. The molecule has 7 heteroatoms. The number of amides is 3. The van der Waals surface area contributed by atoms with Crippen LogP contribution in [0.1, 0.15) is 22.3 Å². The van der Waals surface area contributed by atoms with E-state index >= 15 is 0 Å². The van der Waals surface area contributed by atoms with Crippen LogP contribution in [0.4, 0.5) is 5.69 Å². The van der Waals surface area contributed by atoms with Gasteiger partial charge >= 0.3 is 0 Å². The van der Waals surface area contributed by atoms with Crippen molar-refractivity contribution in [1.29, 1.82) is 0 Å². The summed E-state index contributed by atoms with van der Waals surface area (Å²) in [6, 6.07) is 22.8. The summed E-state index contributed by atoms with van der Waals surface area (Å²) in [5.74, 6) is -2.27. The van der Waals surface area contributed by atoms with E-state index in [-0.39, 0.29) is 30.3 Å². The third-order valence-electron chi connectivity index (χ3n) is 7.94. The minimum Gasteiger partial charge on any atom is -0.324 e. The Hall–Kier alpha value is -3.48. The Kier molecular flexibility index (Phi) is 5.47. The number of nitrogens with one attached hydrogen (secondary N) is 2. The van der Waals surface area contributed by atoms with Crippen LogP contribution < -0.4 is 10.6 Å². The van der Waals surface area contributed by atoms with E-state index in [1.807, 2.05) is 73.7 Å². The van der Waals surface area contributed by atoms with Gasteiger partial charge in [-0.15, -0.1) is 0 Å². The van der Waals surface area contributed by atoms with Crippen molar-refractivity contribution in [2.75, 3.05) is 11.9 Å². The van der Waals surface area contributed by atoms with E-state index in [4.69, 9.17) is 11.6 Å². The highest BCUT2D eigenvalue weighted by Crippen LogP contribution is 2.54. The molecule has 0 saturated carbocycles. The van der Waals surface area contributed by atoms with Gasteiger partial charge in [0.2, 0.25) is 17.7 Å². The van der Waals surface area contributed by atoms with Crippen molar-refractivity contribution < 1.29 is 14.4 Å². The van der Waals surface area contributed by atoms with Gasteiger partial charge in [-0.05, 0) is 42.5 Å². The fraction of sp³-hybridized carbons (Fsp3) is 0.276. The summed E-state index contributed by atoms with van der Waals surface area (Å²) in [6.07, 6.45) is 1.10. The molecule has 6 rings (SSSR count). The molecule has 2 saturated heterocycles. The number of benzene rings is 3. The number of carbonyl (C=O) groups is 3. The molecule has 2 fully saturated rings. The predicted octanol–water partition coefficient (Wildman–Crippen LogP) is 3.85. The van der Waals surface area contributed by atoms with E-state index in [2.05, 4.69) is 10.6 Å². The minimum absolute atomic E-state index is 0.210. The van der Waals surface area contributed by atoms with Gasteiger partial charge in [0.15, 0.2) is 0 Å². The topological polar surface area (TPSA) is 78.5 Å². The minimum atomic E-state index is -1.32. The number of likely N-dealkylation sites (tertiary alicyclic amines) is 1. The lowest BCUT2D eigenvalue weighted by molar-refractivity contribution is -0.142. The Morgan fingerprint density at radius 3 is 2.25 bits per heavy atom. The maximum absolute atomic E-state index is 13.9. The SMILES string of the molecule is Cc1c(Cl)ccc2c1NC(=O)C21NC(Cc2ccccc2)[C@H]2C(=O)N(CCc3ccccc3)C(=O)[C@H]21. The van der Waals surface area contributed by atoms with Crippen molar-refractivity contribution >= 4 is 35.0 Å². The lowest BCUT2D eigenvalue weighted by atomic mass is 9.76. The smallest absolute Gasteiger partial charge is 0.250 e. The lowest BCUT2D eigenvalue weighted by Gasteiger charge is -2.29. The third kappa shape index (κ3) is 3.32. The number of nitrogens with zero attached hydrogens (tertiary/aromatic N) is 1. The average molecular weight is 500 g/mol. The van der Waals surface area contributed by atoms with Gasteiger partial charge in [0.1, 0.15) is 5.54 Å². The molecular weight excluding hydrogens is 474 g/mol. The molecule has 182 valence electrons. The Bertz CT molecular complexity index is 1380. The van der Waals surface area contributed by atoms with Crippen LogP contribution in [-0.2, 0) is 32.8 Å². The first-order chi connectivity index (χ1) is 17.4. The van der Waals surface area contributed by atoms with Gasteiger partial charge in [0.05, 0.1) is 17.5 Å². The zero-order chi connectivity index (χ0) is 25.0. The predicted molar refractivity (Wildman–Crippen MR) is 137 cm³/mol. The third-order valence-corrected chi connectivity index (χ3v) is 8.35. The zero-order valence-electron chi connectivity index (χ0n) is 19.8. The summed E-state index contributed by atoms with van der Waals surface area (Å²) in [5, 5.41) is 7.02. The molecule has 3 aliphatic heterocycles. The van der Waals surface area contributed by atoms with Crippen LogP contribution in [0.2, 0.25) is 5.02 Å². The van der Waals surface area contributed by atoms with Gasteiger partial charge in [-0.2, -0.15) is 0 Å². The van der Waals surface area contributed by atoms with Crippen molar-refractivity contribution in [3.05, 3.63) is 100 Å². The van der Waals surface area contributed by atoms with Crippen LogP contribution >= 0.6 is 11.6 Å². The fourth-order valence-corrected chi connectivity index (χ4v) is 6.36. The van der Waals surface area contributed by atoms with Crippen LogP contribution in [0.3, 0.4) is 0 Å². The molecule has 0 radical (unpaired) electrons. The number of rotatable bonds is 5. The summed E-state index contributed by atoms with van der Waals surface area (Å²) < 4.78 is 0. The molecule has 3 amide bonds. The average Bonchev–Trinajstić information content (AvgIpc) is 3.46. The molecule has 6 nitrogen and oxygen atoms in total. The van der Waals surface area contributed by atoms with Gasteiger partial charge in [-0.1, -0.05) is 78.3 Å². The summed E-state index contributed by atoms with van der Waals surface area (Å²) in [4.78, 5) is 42.8. The van der Waals surface area contributed by atoms with Crippen molar-refractivity contribution in [3.63, 3.8) is 0 Å². The number of imide groups is 1. The highest BCUT2D eigenvalue weighted by Gasteiger charge is 2.70. The first kappa shape index (κ1) is 23.0. The van der Waals surface area contributed by atoms with Crippen molar-refractivity contribution in [2.24, 2.45) is 11.8 Å². The standard InChI is InChI=1S/C29H26ClN3O3/c1-17-21(30)13-12-20-25(17)31-28(36)29(20)24-23(22(32-29)16-19-10-6-3-7-11-19)26(34)33(27(24)35)15-14-18-8-4-2-5-9-18/h2-13,22-24,32H,14-16H2,1H3,(H,31,36)/t22?,23-,24+,29?/m1/s1. The number of fused-ring (bicyclic) bond motifs is 4. The lowest BCUT2D eigenvalue weighted by Crippen LogP contribution is -2.53. The molecule has 1 spiro atoms. The largest absolute Gasteiger partial charge is 0.324 e. The van der Waals surface area contributed by atoms with Crippen molar-refractivity contribution in [2.45, 2.75) is 31.3 Å². The second-order valence-corrected chi connectivity index (χ2v) is 10.3. The number of carbonyl (C=O) groups excluding carboxylic acids is 3. The molecular formula is C29H26ClN3O3. The molecule has 4 atom stereocenters. The number of anilines is 1. The van der Waals surface area contributed by atoms with Gasteiger partial charge in [0.25, 0.3) is 0 Å². The fourth-order valence-electron chi connectivity index (χ4n) is 6.20. The molecule has 3 aliphatic rings. The number of hydrogen-bond acceptors (Lipinski definition) is 4. The molecule has 2 unspecified atom stereocenters. The second kappa shape index (κ2) is 8.57. The quantitative estimate of drug-likeness (QED) is 0.523. The van der Waals surface area contributed by atoms with Crippen molar-refractivity contribution in [3.8, 4) is 0 Å². The summed E-state index contributed by atoms with van der Waals surface area (Å²) in [5.41, 5.74) is 2.84. The van der Waals surface area contributed by atoms with Crippen LogP contribution in [0, 0.1) is 18.8 Å². The highest BCUT2D eigenvalue weighted by molar-refractivity contribution is 6.32. The molecule has 3 heterocycles. The Balaban J connectivity index is 1.42. The zero-order valence-corrected chi connectivity index (χ0v) is 20.6.